The van der Waals surface area contributed by atoms with E-state index in [9.17, 15) is 0 Å². The number of nitrogens with zero attached hydrogens (tertiary/aromatic N) is 3. The predicted molar refractivity (Wildman–Crippen MR) is 132 cm³/mol. The molecular formula is C22H29ClIN5. The normalized spacial score (nSPS) is 18.7. The fourth-order valence-corrected chi connectivity index (χ4v) is 4.16. The molecule has 0 unspecified atom stereocenters. The average molecular weight is 526 g/mol. The van der Waals surface area contributed by atoms with Gasteiger partial charge in [-0.15, -0.1) is 24.0 Å². The van der Waals surface area contributed by atoms with Gasteiger partial charge in [0.2, 0.25) is 0 Å². The van der Waals surface area contributed by atoms with Crippen molar-refractivity contribution in [2.24, 2.45) is 4.99 Å². The van der Waals surface area contributed by atoms with Gasteiger partial charge in [-0.05, 0) is 55.5 Å². The summed E-state index contributed by atoms with van der Waals surface area (Å²) < 4.78 is 0. The zero-order valence-electron chi connectivity index (χ0n) is 16.8. The summed E-state index contributed by atoms with van der Waals surface area (Å²) >= 11 is 6.19. The molecule has 1 aromatic carbocycles. The monoisotopic (exact) mass is 525 g/mol. The van der Waals surface area contributed by atoms with Crippen LogP contribution in [0.15, 0.2) is 53.7 Å². The molecule has 156 valence electrons. The van der Waals surface area contributed by atoms with Crippen molar-refractivity contribution in [1.82, 2.24) is 15.6 Å². The van der Waals surface area contributed by atoms with Crippen molar-refractivity contribution in [2.75, 3.05) is 31.6 Å². The summed E-state index contributed by atoms with van der Waals surface area (Å²) in [5, 5.41) is 7.97. The summed E-state index contributed by atoms with van der Waals surface area (Å²) in [4.78, 5) is 11.3. The van der Waals surface area contributed by atoms with Crippen LogP contribution < -0.4 is 15.5 Å². The Bertz CT molecular complexity index is 817. The van der Waals surface area contributed by atoms with Gasteiger partial charge in [0.05, 0.1) is 0 Å². The molecule has 1 aliphatic carbocycles. The van der Waals surface area contributed by atoms with Crippen LogP contribution in [0.3, 0.4) is 0 Å². The number of anilines is 1. The minimum atomic E-state index is 0. The molecule has 5 nitrogen and oxygen atoms in total. The van der Waals surface area contributed by atoms with Crippen molar-refractivity contribution < 1.29 is 0 Å². The highest BCUT2D eigenvalue weighted by Gasteiger charge is 2.44. The van der Waals surface area contributed by atoms with E-state index in [1.807, 2.05) is 37.5 Å². The van der Waals surface area contributed by atoms with E-state index in [0.717, 1.165) is 49.3 Å². The molecule has 7 heteroatoms. The van der Waals surface area contributed by atoms with E-state index in [4.69, 9.17) is 11.6 Å². The minimum absolute atomic E-state index is 0. The summed E-state index contributed by atoms with van der Waals surface area (Å²) in [5.74, 6) is 1.96. The number of nitrogens with one attached hydrogen (secondary N) is 2. The van der Waals surface area contributed by atoms with Crippen LogP contribution in [0.25, 0.3) is 0 Å². The molecule has 2 aromatic rings. The topological polar surface area (TPSA) is 52.6 Å². The van der Waals surface area contributed by atoms with E-state index in [1.165, 1.54) is 18.4 Å². The molecule has 4 rings (SSSR count). The number of hydrogen-bond donors (Lipinski definition) is 2. The lowest BCUT2D eigenvalue weighted by Gasteiger charge is -2.34. The zero-order valence-corrected chi connectivity index (χ0v) is 19.9. The van der Waals surface area contributed by atoms with E-state index in [-0.39, 0.29) is 29.4 Å². The van der Waals surface area contributed by atoms with E-state index < -0.39 is 0 Å². The summed E-state index contributed by atoms with van der Waals surface area (Å²) in [6.45, 7) is 2.91. The molecule has 1 saturated heterocycles. The van der Waals surface area contributed by atoms with Gasteiger partial charge in [-0.3, -0.25) is 4.99 Å². The third kappa shape index (κ3) is 5.54. The van der Waals surface area contributed by atoms with Crippen molar-refractivity contribution in [3.63, 3.8) is 0 Å². The lowest BCUT2D eigenvalue weighted by Crippen LogP contribution is -2.50. The smallest absolute Gasteiger partial charge is 0.191 e. The van der Waals surface area contributed by atoms with Crippen LogP contribution in [-0.4, -0.2) is 43.7 Å². The Labute approximate surface area is 195 Å². The number of guanidine groups is 1. The number of rotatable bonds is 5. The van der Waals surface area contributed by atoms with Crippen molar-refractivity contribution >= 4 is 47.4 Å². The summed E-state index contributed by atoms with van der Waals surface area (Å²) in [7, 11) is 1.84. The fraction of sp³-hybridized carbons (Fsp3) is 0.455. The second-order valence-corrected chi connectivity index (χ2v) is 8.25. The second-order valence-electron chi connectivity index (χ2n) is 7.81. The number of pyridine rings is 1. The fourth-order valence-electron chi connectivity index (χ4n) is 3.97. The second kappa shape index (κ2) is 9.98. The number of aliphatic imine (C=N–C) groups is 1. The Morgan fingerprint density at radius 3 is 2.62 bits per heavy atom. The Balaban J connectivity index is 0.00000240. The van der Waals surface area contributed by atoms with E-state index in [2.05, 4.69) is 43.7 Å². The molecule has 29 heavy (non-hydrogen) atoms. The van der Waals surface area contributed by atoms with Gasteiger partial charge < -0.3 is 15.5 Å². The SMILES string of the molecule is CN=C(NCC1(c2cccc(Cl)c2)CC1)NC1CCN(c2ccccn2)CC1.I. The first-order valence-corrected chi connectivity index (χ1v) is 10.5. The number of aromatic nitrogens is 1. The molecule has 1 aliphatic heterocycles. The van der Waals surface area contributed by atoms with Crippen LogP contribution in [0.2, 0.25) is 5.02 Å². The maximum absolute atomic E-state index is 6.19. The molecule has 1 aromatic heterocycles. The minimum Gasteiger partial charge on any atom is -0.356 e. The van der Waals surface area contributed by atoms with E-state index in [1.54, 1.807) is 0 Å². The van der Waals surface area contributed by atoms with Gasteiger partial charge in [0.15, 0.2) is 5.96 Å². The van der Waals surface area contributed by atoms with Crippen LogP contribution in [0.1, 0.15) is 31.2 Å². The summed E-state index contributed by atoms with van der Waals surface area (Å²) in [6, 6.07) is 14.8. The lowest BCUT2D eigenvalue weighted by molar-refractivity contribution is 0.458. The van der Waals surface area contributed by atoms with E-state index in [0.29, 0.717) is 6.04 Å². The van der Waals surface area contributed by atoms with Gasteiger partial charge in [-0.25, -0.2) is 4.98 Å². The molecule has 2 aliphatic rings. The highest BCUT2D eigenvalue weighted by Crippen LogP contribution is 2.48. The molecule has 0 radical (unpaired) electrons. The van der Waals surface area contributed by atoms with Crippen LogP contribution in [0.5, 0.6) is 0 Å². The largest absolute Gasteiger partial charge is 0.356 e. The Kier molecular flexibility index (Phi) is 7.62. The Hall–Kier alpha value is -1.54. The average Bonchev–Trinajstić information content (AvgIpc) is 3.53. The molecular weight excluding hydrogens is 497 g/mol. The van der Waals surface area contributed by atoms with Gasteiger partial charge in [0.1, 0.15) is 5.82 Å². The molecule has 0 bridgehead atoms. The van der Waals surface area contributed by atoms with Crippen LogP contribution in [0, 0.1) is 0 Å². The zero-order chi connectivity index (χ0) is 19.4. The van der Waals surface area contributed by atoms with Crippen molar-refractivity contribution in [3.05, 3.63) is 59.2 Å². The predicted octanol–water partition coefficient (Wildman–Crippen LogP) is 4.22. The maximum atomic E-state index is 6.19. The quantitative estimate of drug-likeness (QED) is 0.349. The number of hydrogen-bond acceptors (Lipinski definition) is 3. The standard InChI is InChI=1S/C22H28ClN5.HI/c1-24-21(26-16-22(10-11-22)17-5-4-6-18(23)15-17)27-19-8-13-28(14-9-19)20-7-2-3-12-25-20;/h2-7,12,15,19H,8-11,13-14,16H2,1H3,(H2,24,26,27);1H. The molecule has 1 saturated carbocycles. The number of halogens is 2. The molecule has 2 N–H and O–H groups in total. The summed E-state index contributed by atoms with van der Waals surface area (Å²) in [6.07, 6.45) is 6.41. The first-order chi connectivity index (χ1) is 13.7. The molecule has 0 atom stereocenters. The van der Waals surface area contributed by atoms with Gasteiger partial charge in [0, 0.05) is 49.4 Å². The van der Waals surface area contributed by atoms with Crippen LogP contribution in [-0.2, 0) is 5.41 Å². The third-order valence-electron chi connectivity index (χ3n) is 5.92. The lowest BCUT2D eigenvalue weighted by atomic mass is 9.96. The molecule has 0 spiro atoms. The van der Waals surface area contributed by atoms with Gasteiger partial charge in [0.25, 0.3) is 0 Å². The van der Waals surface area contributed by atoms with Gasteiger partial charge >= 0.3 is 0 Å². The van der Waals surface area contributed by atoms with Crippen molar-refractivity contribution in [3.8, 4) is 0 Å². The van der Waals surface area contributed by atoms with Crippen molar-refractivity contribution in [1.29, 1.82) is 0 Å². The first-order valence-electron chi connectivity index (χ1n) is 10.1. The number of piperidine rings is 1. The maximum Gasteiger partial charge on any atom is 0.191 e. The highest BCUT2D eigenvalue weighted by atomic mass is 127. The van der Waals surface area contributed by atoms with Crippen molar-refractivity contribution in [2.45, 2.75) is 37.1 Å². The summed E-state index contributed by atoms with van der Waals surface area (Å²) in [5.41, 5.74) is 1.52. The van der Waals surface area contributed by atoms with Gasteiger partial charge in [-0.2, -0.15) is 0 Å². The molecule has 2 fully saturated rings. The highest BCUT2D eigenvalue weighted by molar-refractivity contribution is 14.0. The molecule has 0 amide bonds. The van der Waals surface area contributed by atoms with Crippen LogP contribution in [0.4, 0.5) is 5.82 Å². The Morgan fingerprint density at radius 2 is 2.00 bits per heavy atom. The number of benzene rings is 1. The molecule has 2 heterocycles. The van der Waals surface area contributed by atoms with Crippen LogP contribution >= 0.6 is 35.6 Å². The van der Waals surface area contributed by atoms with E-state index >= 15 is 0 Å². The third-order valence-corrected chi connectivity index (χ3v) is 6.15. The Morgan fingerprint density at radius 1 is 1.21 bits per heavy atom. The first kappa shape index (κ1) is 22.2. The van der Waals surface area contributed by atoms with Gasteiger partial charge in [-0.1, -0.05) is 29.8 Å².